The third kappa shape index (κ3) is 4.74. The first-order chi connectivity index (χ1) is 12.0. The van der Waals surface area contributed by atoms with Crippen molar-refractivity contribution in [1.82, 2.24) is 4.98 Å². The van der Waals surface area contributed by atoms with Gasteiger partial charge in [0.2, 0.25) is 0 Å². The number of pyridine rings is 1. The quantitative estimate of drug-likeness (QED) is 0.607. The van der Waals surface area contributed by atoms with Crippen molar-refractivity contribution in [2.75, 3.05) is 26.1 Å². The molecule has 2 aromatic rings. The van der Waals surface area contributed by atoms with Crippen LogP contribution in [0.5, 0.6) is 11.5 Å². The molecule has 0 bridgehead atoms. The molecule has 0 aliphatic carbocycles. The summed E-state index contributed by atoms with van der Waals surface area (Å²) in [6.07, 6.45) is 1.44. The first-order valence-corrected chi connectivity index (χ1v) is 7.71. The highest BCUT2D eigenvalue weighted by atomic mass is 35.5. The summed E-state index contributed by atoms with van der Waals surface area (Å²) in [5.74, 6) is -0.591. The van der Waals surface area contributed by atoms with Gasteiger partial charge in [0.25, 0.3) is 5.91 Å². The van der Waals surface area contributed by atoms with Crippen LogP contribution >= 0.6 is 23.2 Å². The number of carbonyl (C=O) groups is 2. The molecule has 7 nitrogen and oxygen atoms in total. The number of rotatable bonds is 6. The second-order valence-electron chi connectivity index (χ2n) is 4.65. The Balaban J connectivity index is 2.02. The molecule has 2 rings (SSSR count). The fourth-order valence-corrected chi connectivity index (χ4v) is 2.33. The lowest BCUT2D eigenvalue weighted by atomic mass is 10.2. The average molecular weight is 385 g/mol. The van der Waals surface area contributed by atoms with E-state index in [1.165, 1.54) is 44.7 Å². The molecule has 9 heteroatoms. The Morgan fingerprint density at radius 1 is 1.16 bits per heavy atom. The molecule has 25 heavy (non-hydrogen) atoms. The normalized spacial score (nSPS) is 10.1. The number of hydrogen-bond donors (Lipinski definition) is 1. The molecule has 0 atom stereocenters. The van der Waals surface area contributed by atoms with Crippen LogP contribution in [-0.4, -0.2) is 37.7 Å². The number of benzene rings is 1. The molecule has 0 saturated heterocycles. The summed E-state index contributed by atoms with van der Waals surface area (Å²) >= 11 is 11.8. The van der Waals surface area contributed by atoms with Gasteiger partial charge in [-0.1, -0.05) is 23.2 Å². The van der Waals surface area contributed by atoms with Crippen LogP contribution in [0.25, 0.3) is 0 Å². The largest absolute Gasteiger partial charge is 0.495 e. The fraction of sp³-hybridized carbons (Fsp3) is 0.188. The van der Waals surface area contributed by atoms with Gasteiger partial charge >= 0.3 is 5.97 Å². The summed E-state index contributed by atoms with van der Waals surface area (Å²) in [6.45, 7) is -0.517. The Hall–Kier alpha value is -2.51. The molecule has 1 heterocycles. The van der Waals surface area contributed by atoms with Gasteiger partial charge in [-0.3, -0.25) is 4.79 Å². The van der Waals surface area contributed by atoms with E-state index in [2.05, 4.69) is 10.3 Å². The molecule has 132 valence electrons. The van der Waals surface area contributed by atoms with E-state index in [0.717, 1.165) is 0 Å². The SMILES string of the molecule is COc1cc(OC)c(NC(=O)COC(=O)c2cccnc2Cl)cc1Cl. The summed E-state index contributed by atoms with van der Waals surface area (Å²) in [7, 11) is 2.89. The van der Waals surface area contributed by atoms with E-state index in [-0.39, 0.29) is 15.7 Å². The van der Waals surface area contributed by atoms with Crippen LogP contribution in [0, 0.1) is 0 Å². The number of amides is 1. The van der Waals surface area contributed by atoms with Gasteiger partial charge in [0, 0.05) is 12.3 Å². The maximum atomic E-state index is 12.0. The number of esters is 1. The van der Waals surface area contributed by atoms with Crippen molar-refractivity contribution in [1.29, 1.82) is 0 Å². The van der Waals surface area contributed by atoms with Gasteiger partial charge in [0.15, 0.2) is 6.61 Å². The van der Waals surface area contributed by atoms with Crippen molar-refractivity contribution in [2.45, 2.75) is 0 Å². The maximum Gasteiger partial charge on any atom is 0.341 e. The Labute approximate surface area is 153 Å². The minimum atomic E-state index is -0.757. The summed E-state index contributed by atoms with van der Waals surface area (Å²) in [5, 5.41) is 2.83. The summed E-state index contributed by atoms with van der Waals surface area (Å²) in [4.78, 5) is 27.7. The molecular weight excluding hydrogens is 371 g/mol. The van der Waals surface area contributed by atoms with E-state index in [9.17, 15) is 9.59 Å². The van der Waals surface area contributed by atoms with Crippen LogP contribution in [0.1, 0.15) is 10.4 Å². The van der Waals surface area contributed by atoms with E-state index >= 15 is 0 Å². The molecule has 1 aromatic carbocycles. The fourth-order valence-electron chi connectivity index (χ4n) is 1.89. The highest BCUT2D eigenvalue weighted by molar-refractivity contribution is 6.32. The van der Waals surface area contributed by atoms with E-state index in [1.807, 2.05) is 0 Å². The van der Waals surface area contributed by atoms with Gasteiger partial charge in [-0.25, -0.2) is 9.78 Å². The monoisotopic (exact) mass is 384 g/mol. The number of aromatic nitrogens is 1. The average Bonchev–Trinajstić information content (AvgIpc) is 2.60. The molecule has 1 aromatic heterocycles. The van der Waals surface area contributed by atoms with E-state index < -0.39 is 18.5 Å². The standard InChI is InChI=1S/C16H14Cl2N2O5/c1-23-12-7-13(24-2)11(6-10(12)17)20-14(21)8-25-16(22)9-4-3-5-19-15(9)18/h3-7H,8H2,1-2H3,(H,20,21). The number of nitrogens with zero attached hydrogens (tertiary/aromatic N) is 1. The minimum absolute atomic E-state index is 0.00323. The zero-order valence-electron chi connectivity index (χ0n) is 13.3. The molecule has 0 aliphatic heterocycles. The first kappa shape index (κ1) is 18.8. The lowest BCUT2D eigenvalue weighted by Crippen LogP contribution is -2.21. The molecule has 0 aliphatic rings. The highest BCUT2D eigenvalue weighted by Crippen LogP contribution is 2.35. The Morgan fingerprint density at radius 3 is 2.52 bits per heavy atom. The second-order valence-corrected chi connectivity index (χ2v) is 5.42. The van der Waals surface area contributed by atoms with Crippen LogP contribution in [0.2, 0.25) is 10.2 Å². The molecule has 1 amide bonds. The molecule has 0 radical (unpaired) electrons. The van der Waals surface area contributed by atoms with E-state index in [4.69, 9.17) is 37.4 Å². The number of hydrogen-bond acceptors (Lipinski definition) is 6. The molecule has 0 unspecified atom stereocenters. The van der Waals surface area contributed by atoms with Gasteiger partial charge < -0.3 is 19.5 Å². The zero-order valence-corrected chi connectivity index (χ0v) is 14.9. The lowest BCUT2D eigenvalue weighted by molar-refractivity contribution is -0.119. The predicted molar refractivity (Wildman–Crippen MR) is 92.7 cm³/mol. The maximum absolute atomic E-state index is 12.0. The van der Waals surface area contributed by atoms with Crippen molar-refractivity contribution >= 4 is 40.8 Å². The van der Waals surface area contributed by atoms with Gasteiger partial charge in [-0.2, -0.15) is 0 Å². The van der Waals surface area contributed by atoms with Crippen LogP contribution < -0.4 is 14.8 Å². The Kier molecular flexibility index (Phi) is 6.44. The topological polar surface area (TPSA) is 86.8 Å². The minimum Gasteiger partial charge on any atom is -0.495 e. The smallest absolute Gasteiger partial charge is 0.341 e. The Bertz CT molecular complexity index is 798. The van der Waals surface area contributed by atoms with Crippen LogP contribution in [0.15, 0.2) is 30.5 Å². The number of halogens is 2. The van der Waals surface area contributed by atoms with Gasteiger partial charge in [-0.15, -0.1) is 0 Å². The summed E-state index contributed by atoms with van der Waals surface area (Å²) in [6, 6.07) is 5.98. The van der Waals surface area contributed by atoms with Gasteiger partial charge in [0.1, 0.15) is 16.7 Å². The summed E-state index contributed by atoms with van der Waals surface area (Å²) < 4.78 is 15.2. The molecular formula is C16H14Cl2N2O5. The van der Waals surface area contributed by atoms with Gasteiger partial charge in [-0.05, 0) is 18.2 Å². The van der Waals surface area contributed by atoms with Crippen LogP contribution in [-0.2, 0) is 9.53 Å². The molecule has 0 spiro atoms. The number of carbonyl (C=O) groups excluding carboxylic acids is 2. The van der Waals surface area contributed by atoms with Crippen LogP contribution in [0.4, 0.5) is 5.69 Å². The van der Waals surface area contributed by atoms with Gasteiger partial charge in [0.05, 0.1) is 30.5 Å². The Morgan fingerprint density at radius 2 is 1.88 bits per heavy atom. The molecule has 0 saturated carbocycles. The number of methoxy groups -OCH3 is 2. The molecule has 0 fully saturated rings. The third-order valence-corrected chi connectivity index (χ3v) is 3.66. The first-order valence-electron chi connectivity index (χ1n) is 6.95. The van der Waals surface area contributed by atoms with E-state index in [1.54, 1.807) is 0 Å². The van der Waals surface area contributed by atoms with Crippen LogP contribution in [0.3, 0.4) is 0 Å². The number of anilines is 1. The van der Waals surface area contributed by atoms with E-state index in [0.29, 0.717) is 17.2 Å². The number of nitrogens with one attached hydrogen (secondary N) is 1. The third-order valence-electron chi connectivity index (χ3n) is 3.06. The summed E-state index contributed by atoms with van der Waals surface area (Å²) in [5.41, 5.74) is 0.385. The van der Waals surface area contributed by atoms with Crippen molar-refractivity contribution in [2.24, 2.45) is 0 Å². The van der Waals surface area contributed by atoms with Crippen molar-refractivity contribution in [3.8, 4) is 11.5 Å². The lowest BCUT2D eigenvalue weighted by Gasteiger charge is -2.13. The number of ether oxygens (including phenoxy) is 3. The second kappa shape index (κ2) is 8.55. The van der Waals surface area contributed by atoms with Crippen molar-refractivity contribution in [3.63, 3.8) is 0 Å². The molecule has 1 N–H and O–H groups in total. The predicted octanol–water partition coefficient (Wildman–Crippen LogP) is 3.20. The zero-order chi connectivity index (χ0) is 18.4. The van der Waals surface area contributed by atoms with Crippen molar-refractivity contribution in [3.05, 3.63) is 46.2 Å². The van der Waals surface area contributed by atoms with Crippen molar-refractivity contribution < 1.29 is 23.8 Å². The highest BCUT2D eigenvalue weighted by Gasteiger charge is 2.16.